The van der Waals surface area contributed by atoms with Gasteiger partial charge in [-0.05, 0) is 30.3 Å². The van der Waals surface area contributed by atoms with Gasteiger partial charge in [0.05, 0.1) is 5.39 Å². The van der Waals surface area contributed by atoms with E-state index in [1.165, 1.54) is 18.4 Å². The van der Waals surface area contributed by atoms with E-state index in [2.05, 4.69) is 10.1 Å². The van der Waals surface area contributed by atoms with Crippen LogP contribution in [0.4, 0.5) is 4.39 Å². The van der Waals surface area contributed by atoms with Gasteiger partial charge in [-0.2, -0.15) is 5.10 Å². The maximum Gasteiger partial charge on any atom is 0.292 e. The number of aryl methyl sites for hydroxylation is 1. The van der Waals surface area contributed by atoms with Gasteiger partial charge in [0.2, 0.25) is 0 Å². The molecule has 0 bridgehead atoms. The summed E-state index contributed by atoms with van der Waals surface area (Å²) in [7, 11) is 1.81. The van der Waals surface area contributed by atoms with Crippen molar-refractivity contribution in [1.29, 1.82) is 0 Å². The number of hydrogen-bond acceptors (Lipinski definition) is 4. The fourth-order valence-electron chi connectivity index (χ4n) is 2.69. The molecule has 0 radical (unpaired) electrons. The molecule has 0 aliphatic rings. The first-order valence-corrected chi connectivity index (χ1v) is 6.98. The third kappa shape index (κ3) is 2.15. The number of rotatable bonds is 2. The Bertz CT molecular complexity index is 1000. The van der Waals surface area contributed by atoms with Crippen LogP contribution in [0.1, 0.15) is 0 Å². The first-order chi connectivity index (χ1) is 11.1. The number of fused-ring (bicyclic) bond motifs is 1. The van der Waals surface area contributed by atoms with Crippen molar-refractivity contribution in [1.82, 2.24) is 14.8 Å². The minimum Gasteiger partial charge on any atom is -0.480 e. The SMILES string of the molecule is Cn1cc(-c2ccnc3coc(O)c23)c(-c2ccc(F)cc2)n1. The van der Waals surface area contributed by atoms with E-state index in [9.17, 15) is 9.50 Å². The maximum absolute atomic E-state index is 13.2. The van der Waals surface area contributed by atoms with Gasteiger partial charge < -0.3 is 9.52 Å². The highest BCUT2D eigenvalue weighted by Gasteiger charge is 2.18. The largest absolute Gasteiger partial charge is 0.480 e. The highest BCUT2D eigenvalue weighted by Crippen LogP contribution is 2.38. The lowest BCUT2D eigenvalue weighted by atomic mass is 10.00. The van der Waals surface area contributed by atoms with Crippen LogP contribution in [-0.4, -0.2) is 19.9 Å². The summed E-state index contributed by atoms with van der Waals surface area (Å²) in [5.41, 5.74) is 3.61. The quantitative estimate of drug-likeness (QED) is 0.612. The van der Waals surface area contributed by atoms with E-state index in [4.69, 9.17) is 4.42 Å². The molecule has 0 saturated carbocycles. The van der Waals surface area contributed by atoms with E-state index in [-0.39, 0.29) is 11.8 Å². The van der Waals surface area contributed by atoms with Gasteiger partial charge >= 0.3 is 0 Å². The van der Waals surface area contributed by atoms with Crippen LogP contribution in [0.15, 0.2) is 53.4 Å². The number of aromatic hydroxyl groups is 1. The molecular formula is C17H12FN3O2. The predicted octanol–water partition coefficient (Wildman–Crippen LogP) is 3.74. The second kappa shape index (κ2) is 4.95. The Kier molecular flexibility index (Phi) is 2.90. The Labute approximate surface area is 130 Å². The topological polar surface area (TPSA) is 64.1 Å². The third-order valence-electron chi connectivity index (χ3n) is 3.71. The van der Waals surface area contributed by atoms with Crippen molar-refractivity contribution in [3.63, 3.8) is 0 Å². The van der Waals surface area contributed by atoms with E-state index >= 15 is 0 Å². The van der Waals surface area contributed by atoms with Crippen LogP contribution >= 0.6 is 0 Å². The Morgan fingerprint density at radius 1 is 1.13 bits per heavy atom. The van der Waals surface area contributed by atoms with Gasteiger partial charge in [-0.1, -0.05) is 0 Å². The van der Waals surface area contributed by atoms with Crippen molar-refractivity contribution >= 4 is 10.9 Å². The summed E-state index contributed by atoms with van der Waals surface area (Å²) in [6.45, 7) is 0. The highest BCUT2D eigenvalue weighted by atomic mass is 19.1. The van der Waals surface area contributed by atoms with Crippen LogP contribution in [-0.2, 0) is 7.05 Å². The van der Waals surface area contributed by atoms with E-state index in [0.29, 0.717) is 16.6 Å². The molecule has 3 heterocycles. The van der Waals surface area contributed by atoms with Crippen LogP contribution in [0.5, 0.6) is 5.95 Å². The Balaban J connectivity index is 1.99. The summed E-state index contributed by atoms with van der Waals surface area (Å²) in [6, 6.07) is 7.93. The second-order valence-corrected chi connectivity index (χ2v) is 5.23. The molecule has 0 fully saturated rings. The molecule has 0 unspecified atom stereocenters. The minimum atomic E-state index is -0.301. The Hall–Kier alpha value is -3.15. The van der Waals surface area contributed by atoms with Crippen molar-refractivity contribution in [2.24, 2.45) is 7.05 Å². The first kappa shape index (κ1) is 13.5. The average molecular weight is 309 g/mol. The van der Waals surface area contributed by atoms with Gasteiger partial charge in [0.15, 0.2) is 0 Å². The molecule has 0 amide bonds. The Morgan fingerprint density at radius 3 is 2.70 bits per heavy atom. The maximum atomic E-state index is 13.2. The average Bonchev–Trinajstić information content (AvgIpc) is 3.12. The van der Waals surface area contributed by atoms with Crippen molar-refractivity contribution in [2.45, 2.75) is 0 Å². The molecule has 0 spiro atoms. The number of furan rings is 1. The van der Waals surface area contributed by atoms with E-state index in [0.717, 1.165) is 16.7 Å². The normalized spacial score (nSPS) is 11.2. The van der Waals surface area contributed by atoms with Crippen molar-refractivity contribution < 1.29 is 13.9 Å². The molecule has 4 aromatic rings. The molecule has 0 atom stereocenters. The Morgan fingerprint density at radius 2 is 1.91 bits per heavy atom. The summed E-state index contributed by atoms with van der Waals surface area (Å²) >= 11 is 0. The second-order valence-electron chi connectivity index (χ2n) is 5.23. The monoisotopic (exact) mass is 309 g/mol. The smallest absolute Gasteiger partial charge is 0.292 e. The molecule has 6 heteroatoms. The molecule has 0 aliphatic heterocycles. The molecule has 1 N–H and O–H groups in total. The highest BCUT2D eigenvalue weighted by molar-refractivity contribution is 6.00. The number of nitrogens with zero attached hydrogens (tertiary/aromatic N) is 3. The minimum absolute atomic E-state index is 0.183. The van der Waals surface area contributed by atoms with Gasteiger partial charge in [-0.3, -0.25) is 9.67 Å². The molecule has 0 aliphatic carbocycles. The zero-order valence-electron chi connectivity index (χ0n) is 12.2. The number of hydrogen-bond donors (Lipinski definition) is 1. The summed E-state index contributed by atoms with van der Waals surface area (Å²) < 4.78 is 19.9. The lowest BCUT2D eigenvalue weighted by molar-refractivity contribution is 0.338. The number of aromatic nitrogens is 3. The molecule has 23 heavy (non-hydrogen) atoms. The molecule has 3 aromatic heterocycles. The fraction of sp³-hybridized carbons (Fsp3) is 0.0588. The molecule has 1 aromatic carbocycles. The zero-order chi connectivity index (χ0) is 16.0. The van der Waals surface area contributed by atoms with Crippen molar-refractivity contribution in [3.05, 3.63) is 54.8 Å². The zero-order valence-corrected chi connectivity index (χ0v) is 12.2. The van der Waals surface area contributed by atoms with Crippen molar-refractivity contribution in [2.75, 3.05) is 0 Å². The summed E-state index contributed by atoms with van der Waals surface area (Å²) in [5, 5.41) is 15.0. The van der Waals surface area contributed by atoms with Crippen LogP contribution in [0, 0.1) is 5.82 Å². The van der Waals surface area contributed by atoms with Crippen LogP contribution in [0.3, 0.4) is 0 Å². The standard InChI is InChI=1S/C17H12FN3O2/c1-21-8-13(16(20-21)10-2-4-11(18)5-3-10)12-6-7-19-14-9-23-17(22)15(12)14/h2-9,22H,1H3. The van der Waals surface area contributed by atoms with Gasteiger partial charge in [-0.15, -0.1) is 0 Å². The molecule has 4 rings (SSSR count). The predicted molar refractivity (Wildman–Crippen MR) is 83.3 cm³/mol. The first-order valence-electron chi connectivity index (χ1n) is 6.98. The summed E-state index contributed by atoms with van der Waals surface area (Å²) in [6.07, 6.45) is 4.90. The van der Waals surface area contributed by atoms with Gasteiger partial charge in [-0.25, -0.2) is 4.39 Å². The van der Waals surface area contributed by atoms with E-state index < -0.39 is 0 Å². The van der Waals surface area contributed by atoms with Crippen LogP contribution in [0.2, 0.25) is 0 Å². The fourth-order valence-corrected chi connectivity index (χ4v) is 2.69. The lowest BCUT2D eigenvalue weighted by Crippen LogP contribution is -1.88. The van der Waals surface area contributed by atoms with E-state index in [1.807, 2.05) is 13.2 Å². The third-order valence-corrected chi connectivity index (χ3v) is 3.71. The van der Waals surface area contributed by atoms with Crippen LogP contribution < -0.4 is 0 Å². The van der Waals surface area contributed by atoms with Gasteiger partial charge in [0.1, 0.15) is 23.3 Å². The summed E-state index contributed by atoms with van der Waals surface area (Å²) in [4.78, 5) is 4.18. The van der Waals surface area contributed by atoms with Crippen molar-refractivity contribution in [3.8, 4) is 28.3 Å². The van der Waals surface area contributed by atoms with Crippen LogP contribution in [0.25, 0.3) is 33.3 Å². The molecule has 114 valence electrons. The number of pyridine rings is 1. The summed E-state index contributed by atoms with van der Waals surface area (Å²) in [5.74, 6) is -0.484. The van der Waals surface area contributed by atoms with E-state index in [1.54, 1.807) is 29.1 Å². The lowest BCUT2D eigenvalue weighted by Gasteiger charge is -2.04. The number of benzene rings is 1. The molecule has 0 saturated heterocycles. The molecule has 5 nitrogen and oxygen atoms in total. The van der Waals surface area contributed by atoms with Gasteiger partial charge in [0.25, 0.3) is 5.95 Å². The molecular weight excluding hydrogens is 297 g/mol. The van der Waals surface area contributed by atoms with Gasteiger partial charge in [0, 0.05) is 36.1 Å². The number of halogens is 1.